The van der Waals surface area contributed by atoms with E-state index in [1.54, 1.807) is 0 Å². The normalized spacial score (nSPS) is 24.0. The number of hydrogen-bond donors (Lipinski definition) is 2. The smallest absolute Gasteiger partial charge is 0.335 e. The highest BCUT2D eigenvalue weighted by molar-refractivity contribution is 6.34. The van der Waals surface area contributed by atoms with Gasteiger partial charge < -0.3 is 15.3 Å². The maximum atomic E-state index is 12.3. The molecule has 2 unspecified atom stereocenters. The van der Waals surface area contributed by atoms with Gasteiger partial charge in [-0.25, -0.2) is 9.59 Å². The first-order chi connectivity index (χ1) is 10.0. The molecule has 2 fully saturated rings. The van der Waals surface area contributed by atoms with Gasteiger partial charge >= 0.3 is 12.0 Å². The summed E-state index contributed by atoms with van der Waals surface area (Å²) in [7, 11) is 0. The second kappa shape index (κ2) is 5.56. The molecule has 0 radical (unpaired) electrons. The van der Waals surface area contributed by atoms with Gasteiger partial charge in [0.1, 0.15) is 0 Å². The Hall–Kier alpha value is -1.75. The zero-order chi connectivity index (χ0) is 15.0. The first kappa shape index (κ1) is 14.2. The van der Waals surface area contributed by atoms with Crippen LogP contribution in [0.25, 0.3) is 0 Å². The van der Waals surface area contributed by atoms with Crippen molar-refractivity contribution in [2.24, 2.45) is 11.8 Å². The second-order valence-electron chi connectivity index (χ2n) is 5.79. The average Bonchev–Trinajstić information content (AvgIpc) is 3.01. The number of benzene rings is 1. The number of aromatic carboxylic acids is 1. The molecule has 0 spiro atoms. The molecule has 1 aromatic rings. The predicted molar refractivity (Wildman–Crippen MR) is 79.8 cm³/mol. The van der Waals surface area contributed by atoms with Crippen molar-refractivity contribution in [1.29, 1.82) is 0 Å². The third kappa shape index (κ3) is 2.83. The van der Waals surface area contributed by atoms with Gasteiger partial charge in [-0.2, -0.15) is 0 Å². The van der Waals surface area contributed by atoms with Crippen molar-refractivity contribution in [1.82, 2.24) is 4.90 Å². The van der Waals surface area contributed by atoms with Crippen molar-refractivity contribution in [3.05, 3.63) is 28.8 Å². The lowest BCUT2D eigenvalue weighted by atomic mass is 10.0. The Labute approximate surface area is 127 Å². The quantitative estimate of drug-likeness (QED) is 0.880. The van der Waals surface area contributed by atoms with Crippen molar-refractivity contribution in [2.75, 3.05) is 18.4 Å². The SMILES string of the molecule is O=C(O)c1ccc(NC(=O)N2CC3CCCC3C2)c(Cl)c1. The van der Waals surface area contributed by atoms with Crippen LogP contribution in [0.3, 0.4) is 0 Å². The van der Waals surface area contributed by atoms with E-state index in [0.29, 0.717) is 17.5 Å². The van der Waals surface area contributed by atoms with Crippen LogP contribution in [-0.4, -0.2) is 35.1 Å². The van der Waals surface area contributed by atoms with Gasteiger partial charge in [-0.1, -0.05) is 18.0 Å². The van der Waals surface area contributed by atoms with Crippen molar-refractivity contribution in [3.63, 3.8) is 0 Å². The zero-order valence-corrected chi connectivity index (χ0v) is 12.3. The summed E-state index contributed by atoms with van der Waals surface area (Å²) in [5, 5.41) is 11.9. The summed E-state index contributed by atoms with van der Waals surface area (Å²) < 4.78 is 0. The number of carboxylic acids is 1. The molecule has 0 bridgehead atoms. The van der Waals surface area contributed by atoms with Gasteiger partial charge in [0.05, 0.1) is 16.3 Å². The molecule has 1 saturated heterocycles. The maximum absolute atomic E-state index is 12.3. The van der Waals surface area contributed by atoms with Gasteiger partial charge in [0.2, 0.25) is 0 Å². The molecule has 1 aromatic carbocycles. The van der Waals surface area contributed by atoms with Crippen LogP contribution in [0.15, 0.2) is 18.2 Å². The van der Waals surface area contributed by atoms with Gasteiger partial charge in [0, 0.05) is 13.1 Å². The van der Waals surface area contributed by atoms with Crippen molar-refractivity contribution in [2.45, 2.75) is 19.3 Å². The van der Waals surface area contributed by atoms with E-state index < -0.39 is 5.97 Å². The molecule has 1 aliphatic heterocycles. The molecule has 2 amide bonds. The van der Waals surface area contributed by atoms with E-state index in [1.807, 2.05) is 4.90 Å². The molecule has 5 nitrogen and oxygen atoms in total. The monoisotopic (exact) mass is 308 g/mol. The van der Waals surface area contributed by atoms with Gasteiger partial charge in [-0.3, -0.25) is 0 Å². The van der Waals surface area contributed by atoms with E-state index >= 15 is 0 Å². The van der Waals surface area contributed by atoms with Gasteiger partial charge in [-0.15, -0.1) is 0 Å². The van der Waals surface area contributed by atoms with Crippen molar-refractivity contribution < 1.29 is 14.7 Å². The second-order valence-corrected chi connectivity index (χ2v) is 6.19. The summed E-state index contributed by atoms with van der Waals surface area (Å²) in [6.07, 6.45) is 3.69. The summed E-state index contributed by atoms with van der Waals surface area (Å²) in [5.41, 5.74) is 0.553. The van der Waals surface area contributed by atoms with Crippen LogP contribution in [0.4, 0.5) is 10.5 Å². The lowest BCUT2D eigenvalue weighted by molar-refractivity contribution is 0.0697. The van der Waals surface area contributed by atoms with Gasteiger partial charge in [0.25, 0.3) is 0 Å². The number of urea groups is 1. The summed E-state index contributed by atoms with van der Waals surface area (Å²) in [6, 6.07) is 4.15. The number of carbonyl (C=O) groups excluding carboxylic acids is 1. The summed E-state index contributed by atoms with van der Waals surface area (Å²) in [4.78, 5) is 24.9. The number of fused-ring (bicyclic) bond motifs is 1. The number of amides is 2. The fourth-order valence-electron chi connectivity index (χ4n) is 3.34. The molecule has 1 aliphatic carbocycles. The highest BCUT2D eigenvalue weighted by Crippen LogP contribution is 2.38. The van der Waals surface area contributed by atoms with Crippen LogP contribution in [-0.2, 0) is 0 Å². The molecule has 0 aromatic heterocycles. The first-order valence-corrected chi connectivity index (χ1v) is 7.51. The maximum Gasteiger partial charge on any atom is 0.335 e. The number of rotatable bonds is 2. The number of nitrogens with one attached hydrogen (secondary N) is 1. The van der Waals surface area contributed by atoms with E-state index in [0.717, 1.165) is 13.1 Å². The zero-order valence-electron chi connectivity index (χ0n) is 11.5. The molecule has 2 atom stereocenters. The van der Waals surface area contributed by atoms with E-state index in [2.05, 4.69) is 5.32 Å². The van der Waals surface area contributed by atoms with E-state index in [1.165, 1.54) is 37.5 Å². The minimum Gasteiger partial charge on any atom is -0.478 e. The lowest BCUT2D eigenvalue weighted by Gasteiger charge is -2.18. The highest BCUT2D eigenvalue weighted by atomic mass is 35.5. The number of carboxylic acid groups (broad SMARTS) is 1. The summed E-state index contributed by atoms with van der Waals surface area (Å²) in [6.45, 7) is 1.61. The fraction of sp³-hybridized carbons (Fsp3) is 0.467. The Morgan fingerprint density at radius 2 is 1.90 bits per heavy atom. The van der Waals surface area contributed by atoms with E-state index in [4.69, 9.17) is 16.7 Å². The molecule has 6 heteroatoms. The highest BCUT2D eigenvalue weighted by Gasteiger charge is 2.38. The van der Waals surface area contributed by atoms with E-state index in [-0.39, 0.29) is 16.6 Å². The predicted octanol–water partition coefficient (Wildman–Crippen LogP) is 3.30. The fourth-order valence-corrected chi connectivity index (χ4v) is 3.57. The van der Waals surface area contributed by atoms with Gasteiger partial charge in [0.15, 0.2) is 0 Å². The summed E-state index contributed by atoms with van der Waals surface area (Å²) in [5.74, 6) is 0.239. The third-order valence-corrected chi connectivity index (χ3v) is 4.78. The largest absolute Gasteiger partial charge is 0.478 e. The topological polar surface area (TPSA) is 69.6 Å². The van der Waals surface area contributed by atoms with Crippen molar-refractivity contribution >= 4 is 29.3 Å². The Morgan fingerprint density at radius 3 is 2.48 bits per heavy atom. The van der Waals surface area contributed by atoms with Crippen molar-refractivity contribution in [3.8, 4) is 0 Å². The first-order valence-electron chi connectivity index (χ1n) is 7.13. The Kier molecular flexibility index (Phi) is 3.76. The molecular formula is C15H17ClN2O3. The molecule has 112 valence electrons. The minimum absolute atomic E-state index is 0.105. The number of halogens is 1. The number of carbonyl (C=O) groups is 2. The molecule has 1 saturated carbocycles. The summed E-state index contributed by atoms with van der Waals surface area (Å²) >= 11 is 6.02. The van der Waals surface area contributed by atoms with Crippen LogP contribution < -0.4 is 5.32 Å². The Bertz CT molecular complexity index is 578. The Balaban J connectivity index is 1.66. The van der Waals surface area contributed by atoms with E-state index in [9.17, 15) is 9.59 Å². The number of hydrogen-bond acceptors (Lipinski definition) is 2. The standard InChI is InChI=1S/C15H17ClN2O3/c16-12-6-9(14(19)20)4-5-13(12)17-15(21)18-7-10-2-1-3-11(10)8-18/h4-6,10-11H,1-3,7-8H2,(H,17,21)(H,19,20). The number of nitrogens with zero attached hydrogens (tertiary/aromatic N) is 1. The van der Waals surface area contributed by atoms with Crippen LogP contribution in [0.5, 0.6) is 0 Å². The molecular weight excluding hydrogens is 292 g/mol. The number of likely N-dealkylation sites (tertiary alicyclic amines) is 1. The minimum atomic E-state index is -1.04. The molecule has 21 heavy (non-hydrogen) atoms. The Morgan fingerprint density at radius 1 is 1.24 bits per heavy atom. The van der Waals surface area contributed by atoms with Crippen LogP contribution in [0.2, 0.25) is 5.02 Å². The number of anilines is 1. The average molecular weight is 309 g/mol. The van der Waals surface area contributed by atoms with Gasteiger partial charge in [-0.05, 0) is 42.9 Å². The van der Waals surface area contributed by atoms with Crippen LogP contribution >= 0.6 is 11.6 Å². The molecule has 3 rings (SSSR count). The van der Waals surface area contributed by atoms with Crippen LogP contribution in [0.1, 0.15) is 29.6 Å². The lowest BCUT2D eigenvalue weighted by Crippen LogP contribution is -2.33. The molecule has 2 N–H and O–H groups in total. The molecule has 2 aliphatic rings. The third-order valence-electron chi connectivity index (χ3n) is 4.47. The van der Waals surface area contributed by atoms with Crippen LogP contribution in [0, 0.1) is 11.8 Å². The molecule has 1 heterocycles.